The van der Waals surface area contributed by atoms with Gasteiger partial charge in [0, 0.05) is 21.5 Å². The molecule has 11 heteroatoms. The second kappa shape index (κ2) is 11.1. The van der Waals surface area contributed by atoms with Crippen molar-refractivity contribution in [2.24, 2.45) is 5.92 Å². The van der Waals surface area contributed by atoms with Crippen molar-refractivity contribution < 1.29 is 27.6 Å². The highest BCUT2D eigenvalue weighted by Crippen LogP contribution is 2.38. The number of halogens is 5. The monoisotopic (exact) mass is 527 g/mol. The van der Waals surface area contributed by atoms with Crippen molar-refractivity contribution in [2.75, 3.05) is 6.54 Å². The van der Waals surface area contributed by atoms with E-state index in [4.69, 9.17) is 23.2 Å². The van der Waals surface area contributed by atoms with Crippen molar-refractivity contribution in [1.82, 2.24) is 16.2 Å². The van der Waals surface area contributed by atoms with Gasteiger partial charge in [0.25, 0.3) is 11.8 Å². The number of benzene rings is 2. The summed E-state index contributed by atoms with van der Waals surface area (Å²) in [5.74, 6) is -3.40. The predicted octanol–water partition coefficient (Wildman–Crippen LogP) is 4.95. The quantitative estimate of drug-likeness (QED) is 0.445. The van der Waals surface area contributed by atoms with Gasteiger partial charge in [0.05, 0.1) is 12.5 Å². The largest absolute Gasteiger partial charge is 0.399 e. The molecule has 1 aliphatic carbocycles. The van der Waals surface area contributed by atoms with Crippen molar-refractivity contribution in [1.29, 1.82) is 0 Å². The molecule has 0 bridgehead atoms. The van der Waals surface area contributed by atoms with Gasteiger partial charge in [0.1, 0.15) is 0 Å². The van der Waals surface area contributed by atoms with Crippen LogP contribution in [-0.2, 0) is 9.59 Å². The van der Waals surface area contributed by atoms with Crippen LogP contribution < -0.4 is 16.2 Å². The lowest BCUT2D eigenvalue weighted by atomic mass is 9.96. The number of alkyl halides is 3. The number of amides is 3. The molecular formula is C24H22Cl2F3N3O3. The fourth-order valence-electron chi connectivity index (χ4n) is 3.30. The average molecular weight is 528 g/mol. The summed E-state index contributed by atoms with van der Waals surface area (Å²) in [5, 5.41) is 2.63. The van der Waals surface area contributed by atoms with E-state index in [-0.39, 0.29) is 39.5 Å². The highest BCUT2D eigenvalue weighted by molar-refractivity contribution is 6.34. The molecule has 0 aromatic heterocycles. The second-order valence-corrected chi connectivity index (χ2v) is 9.02. The minimum absolute atomic E-state index is 0.0742. The first-order valence-electron chi connectivity index (χ1n) is 10.6. The molecule has 0 heterocycles. The summed E-state index contributed by atoms with van der Waals surface area (Å²) >= 11 is 11.7. The number of nitrogens with one attached hydrogen (secondary N) is 3. The van der Waals surface area contributed by atoms with Gasteiger partial charge in [-0.2, -0.15) is 13.2 Å². The fraction of sp³-hybridized carbons (Fsp3) is 0.292. The standard InChI is InChI=1S/C24H22Cl2F3N3O3/c1-13-8-14(3-7-20(24(27,28)29)16-9-17(25)11-18(26)10-16)2-6-19(13)23(35)30-12-21(33)31-32-22(34)15-4-5-15/h2-3,6-11,15,20H,4-5,12H2,1H3,(H,30,35)(H,31,33)(H,32,34). The van der Waals surface area contributed by atoms with Gasteiger partial charge < -0.3 is 5.32 Å². The molecule has 1 atom stereocenters. The number of rotatable bonds is 7. The Morgan fingerprint density at radius 1 is 1.06 bits per heavy atom. The summed E-state index contributed by atoms with van der Waals surface area (Å²) in [5.41, 5.74) is 5.62. The van der Waals surface area contributed by atoms with Crippen LogP contribution in [0, 0.1) is 12.8 Å². The topological polar surface area (TPSA) is 87.3 Å². The third kappa shape index (κ3) is 7.73. The molecule has 0 spiro atoms. The molecule has 2 aromatic rings. The first-order valence-corrected chi connectivity index (χ1v) is 11.4. The number of carbonyl (C=O) groups is 3. The number of carbonyl (C=O) groups excluding carboxylic acids is 3. The van der Waals surface area contributed by atoms with Crippen LogP contribution in [0.3, 0.4) is 0 Å². The Morgan fingerprint density at radius 2 is 1.71 bits per heavy atom. The van der Waals surface area contributed by atoms with E-state index in [1.807, 2.05) is 0 Å². The molecule has 3 amide bonds. The molecule has 0 saturated heterocycles. The third-order valence-electron chi connectivity index (χ3n) is 5.26. The Hall–Kier alpha value is -3.04. The number of hydrogen-bond acceptors (Lipinski definition) is 3. The molecule has 0 radical (unpaired) electrons. The zero-order valence-electron chi connectivity index (χ0n) is 18.5. The lowest BCUT2D eigenvalue weighted by molar-refractivity contribution is -0.139. The summed E-state index contributed by atoms with van der Waals surface area (Å²) < 4.78 is 41.0. The molecule has 1 fully saturated rings. The Labute approximate surface area is 209 Å². The van der Waals surface area contributed by atoms with Gasteiger partial charge in [-0.1, -0.05) is 47.5 Å². The molecule has 6 nitrogen and oxygen atoms in total. The SMILES string of the molecule is Cc1cc(C=CC(c2cc(Cl)cc(Cl)c2)C(F)(F)F)ccc1C(=O)NCC(=O)NNC(=O)C1CC1. The molecule has 3 rings (SSSR count). The molecular weight excluding hydrogens is 506 g/mol. The van der Waals surface area contributed by atoms with E-state index in [0.29, 0.717) is 11.1 Å². The lowest BCUT2D eigenvalue weighted by Gasteiger charge is -2.18. The number of allylic oxidation sites excluding steroid dienone is 1. The van der Waals surface area contributed by atoms with E-state index in [0.717, 1.165) is 18.9 Å². The van der Waals surface area contributed by atoms with E-state index in [9.17, 15) is 27.6 Å². The molecule has 1 saturated carbocycles. The zero-order chi connectivity index (χ0) is 25.8. The summed E-state index contributed by atoms with van der Waals surface area (Å²) in [7, 11) is 0. The maximum atomic E-state index is 13.7. The Morgan fingerprint density at radius 3 is 2.29 bits per heavy atom. The first kappa shape index (κ1) is 26.6. The molecule has 3 N–H and O–H groups in total. The normalized spacial score (nSPS) is 14.5. The van der Waals surface area contributed by atoms with Crippen LogP contribution in [0.5, 0.6) is 0 Å². The van der Waals surface area contributed by atoms with E-state index in [1.54, 1.807) is 13.0 Å². The maximum Gasteiger partial charge on any atom is 0.399 e. The molecule has 2 aromatic carbocycles. The van der Waals surface area contributed by atoms with Gasteiger partial charge in [0.15, 0.2) is 0 Å². The Bertz CT molecular complexity index is 1140. The smallest absolute Gasteiger partial charge is 0.343 e. The molecule has 1 aliphatic rings. The summed E-state index contributed by atoms with van der Waals surface area (Å²) in [6.07, 6.45) is -0.698. The number of hydrogen-bond donors (Lipinski definition) is 3. The van der Waals surface area contributed by atoms with E-state index in [2.05, 4.69) is 16.2 Å². The van der Waals surface area contributed by atoms with Gasteiger partial charge in [-0.25, -0.2) is 0 Å². The lowest BCUT2D eigenvalue weighted by Crippen LogP contribution is -2.46. The Balaban J connectivity index is 1.64. The van der Waals surface area contributed by atoms with Crippen LogP contribution in [-0.4, -0.2) is 30.4 Å². The van der Waals surface area contributed by atoms with Gasteiger partial charge in [0.2, 0.25) is 5.91 Å². The highest BCUT2D eigenvalue weighted by atomic mass is 35.5. The second-order valence-electron chi connectivity index (χ2n) is 8.15. The van der Waals surface area contributed by atoms with E-state index >= 15 is 0 Å². The van der Waals surface area contributed by atoms with Crippen LogP contribution in [0.4, 0.5) is 13.2 Å². The van der Waals surface area contributed by atoms with Gasteiger partial charge >= 0.3 is 6.18 Å². The van der Waals surface area contributed by atoms with Crippen molar-refractivity contribution in [3.63, 3.8) is 0 Å². The summed E-state index contributed by atoms with van der Waals surface area (Å²) in [4.78, 5) is 35.7. The van der Waals surface area contributed by atoms with Crippen LogP contribution in [0.2, 0.25) is 10.0 Å². The minimum Gasteiger partial charge on any atom is -0.343 e. The number of aryl methyl sites for hydroxylation is 1. The van der Waals surface area contributed by atoms with E-state index in [1.165, 1.54) is 36.4 Å². The minimum atomic E-state index is -4.57. The summed E-state index contributed by atoms with van der Waals surface area (Å²) in [6, 6.07) is 8.28. The van der Waals surface area contributed by atoms with Crippen molar-refractivity contribution in [3.8, 4) is 0 Å². The average Bonchev–Trinajstić information content (AvgIpc) is 3.60. The molecule has 35 heavy (non-hydrogen) atoms. The number of hydrazine groups is 1. The summed E-state index contributed by atoms with van der Waals surface area (Å²) in [6.45, 7) is 1.26. The first-order chi connectivity index (χ1) is 16.4. The Kier molecular flexibility index (Phi) is 8.45. The van der Waals surface area contributed by atoms with Crippen LogP contribution in [0.15, 0.2) is 42.5 Å². The van der Waals surface area contributed by atoms with Crippen molar-refractivity contribution in [2.45, 2.75) is 31.9 Å². The zero-order valence-corrected chi connectivity index (χ0v) is 20.0. The maximum absolute atomic E-state index is 13.7. The third-order valence-corrected chi connectivity index (χ3v) is 5.69. The van der Waals surface area contributed by atoms with Crippen molar-refractivity contribution >= 4 is 47.0 Å². The fourth-order valence-corrected chi connectivity index (χ4v) is 3.84. The van der Waals surface area contributed by atoms with Crippen LogP contribution in [0.1, 0.15) is 45.8 Å². The van der Waals surface area contributed by atoms with Gasteiger partial charge in [-0.05, 0) is 60.7 Å². The van der Waals surface area contributed by atoms with Crippen molar-refractivity contribution in [3.05, 3.63) is 74.8 Å². The highest BCUT2D eigenvalue weighted by Gasteiger charge is 2.39. The van der Waals surface area contributed by atoms with Crippen LogP contribution >= 0.6 is 23.2 Å². The molecule has 0 aliphatic heterocycles. The predicted molar refractivity (Wildman–Crippen MR) is 127 cm³/mol. The molecule has 186 valence electrons. The van der Waals surface area contributed by atoms with Gasteiger partial charge in [-0.3, -0.25) is 25.2 Å². The molecule has 1 unspecified atom stereocenters. The van der Waals surface area contributed by atoms with Gasteiger partial charge in [-0.15, -0.1) is 0 Å². The van der Waals surface area contributed by atoms with E-state index < -0.39 is 23.9 Å². The van der Waals surface area contributed by atoms with Crippen LogP contribution in [0.25, 0.3) is 6.08 Å².